The standard InChI is InChI=1S/C18H16S2/c1-13-7-9-14(10-8-13)20-18-12-11-17(19-2)15-5-3-4-6-16(15)18/h3-12H,1-2H3. The lowest BCUT2D eigenvalue weighted by molar-refractivity contribution is 1.36. The van der Waals surface area contributed by atoms with Crippen LogP contribution in [0, 0.1) is 6.92 Å². The highest BCUT2D eigenvalue weighted by Gasteiger charge is 2.06. The number of fused-ring (bicyclic) bond motifs is 1. The van der Waals surface area contributed by atoms with Crippen molar-refractivity contribution in [1.82, 2.24) is 0 Å². The van der Waals surface area contributed by atoms with Crippen molar-refractivity contribution in [3.05, 3.63) is 66.2 Å². The summed E-state index contributed by atoms with van der Waals surface area (Å²) in [6, 6.07) is 21.8. The lowest BCUT2D eigenvalue weighted by Gasteiger charge is -2.09. The van der Waals surface area contributed by atoms with E-state index in [0.717, 1.165) is 0 Å². The Kier molecular flexibility index (Phi) is 4.04. The highest BCUT2D eigenvalue weighted by Crippen LogP contribution is 2.37. The van der Waals surface area contributed by atoms with Gasteiger partial charge in [-0.2, -0.15) is 0 Å². The summed E-state index contributed by atoms with van der Waals surface area (Å²) < 4.78 is 0. The van der Waals surface area contributed by atoms with Crippen molar-refractivity contribution in [3.8, 4) is 0 Å². The van der Waals surface area contributed by atoms with Gasteiger partial charge in [0.2, 0.25) is 0 Å². The zero-order valence-corrected chi connectivity index (χ0v) is 13.2. The molecule has 0 aliphatic heterocycles. The fourth-order valence-electron chi connectivity index (χ4n) is 2.24. The van der Waals surface area contributed by atoms with Crippen LogP contribution in [0.2, 0.25) is 0 Å². The molecule has 3 rings (SSSR count). The fraction of sp³-hybridized carbons (Fsp3) is 0.111. The maximum Gasteiger partial charge on any atom is 0.0201 e. The Hall–Kier alpha value is -1.38. The molecule has 2 heteroatoms. The molecule has 0 radical (unpaired) electrons. The van der Waals surface area contributed by atoms with Crippen molar-refractivity contribution >= 4 is 34.3 Å². The molecule has 0 heterocycles. The second kappa shape index (κ2) is 5.94. The number of hydrogen-bond donors (Lipinski definition) is 0. The second-order valence-corrected chi connectivity index (χ2v) is 6.69. The molecular formula is C18H16S2. The minimum Gasteiger partial charge on any atom is -0.129 e. The van der Waals surface area contributed by atoms with E-state index in [1.54, 1.807) is 11.8 Å². The number of thioether (sulfide) groups is 1. The van der Waals surface area contributed by atoms with Crippen LogP contribution in [0.5, 0.6) is 0 Å². The molecule has 0 saturated heterocycles. The van der Waals surface area contributed by atoms with Crippen LogP contribution in [-0.4, -0.2) is 6.26 Å². The molecule has 0 amide bonds. The van der Waals surface area contributed by atoms with Gasteiger partial charge >= 0.3 is 0 Å². The van der Waals surface area contributed by atoms with E-state index in [-0.39, 0.29) is 0 Å². The van der Waals surface area contributed by atoms with Crippen molar-refractivity contribution in [2.24, 2.45) is 0 Å². The Morgan fingerprint density at radius 1 is 0.700 bits per heavy atom. The van der Waals surface area contributed by atoms with E-state index in [0.29, 0.717) is 0 Å². The number of rotatable bonds is 3. The van der Waals surface area contributed by atoms with Crippen LogP contribution >= 0.6 is 23.5 Å². The van der Waals surface area contributed by atoms with Crippen LogP contribution in [-0.2, 0) is 0 Å². The summed E-state index contributed by atoms with van der Waals surface area (Å²) in [4.78, 5) is 3.95. The van der Waals surface area contributed by atoms with Crippen LogP contribution in [0.15, 0.2) is 75.4 Å². The third-order valence-electron chi connectivity index (χ3n) is 3.31. The zero-order valence-electron chi connectivity index (χ0n) is 11.6. The molecule has 20 heavy (non-hydrogen) atoms. The molecule has 0 nitrogen and oxygen atoms in total. The van der Waals surface area contributed by atoms with Crippen LogP contribution < -0.4 is 0 Å². The first-order valence-electron chi connectivity index (χ1n) is 6.58. The lowest BCUT2D eigenvalue weighted by Crippen LogP contribution is -1.82. The molecule has 0 atom stereocenters. The van der Waals surface area contributed by atoms with Crippen molar-refractivity contribution in [2.75, 3.05) is 6.26 Å². The first kappa shape index (κ1) is 13.6. The Bertz CT molecular complexity index is 730. The van der Waals surface area contributed by atoms with E-state index < -0.39 is 0 Å². The molecule has 0 unspecified atom stereocenters. The van der Waals surface area contributed by atoms with Gasteiger partial charge in [-0.25, -0.2) is 0 Å². The van der Waals surface area contributed by atoms with Gasteiger partial charge in [-0.1, -0.05) is 53.7 Å². The number of aryl methyl sites for hydroxylation is 1. The smallest absolute Gasteiger partial charge is 0.0201 e. The minimum atomic E-state index is 1.29. The molecular weight excluding hydrogens is 280 g/mol. The van der Waals surface area contributed by atoms with Crippen molar-refractivity contribution in [3.63, 3.8) is 0 Å². The summed E-state index contributed by atoms with van der Waals surface area (Å²) in [7, 11) is 0. The molecule has 100 valence electrons. The largest absolute Gasteiger partial charge is 0.129 e. The third kappa shape index (κ3) is 2.72. The van der Waals surface area contributed by atoms with Crippen LogP contribution in [0.3, 0.4) is 0 Å². The summed E-state index contributed by atoms with van der Waals surface area (Å²) in [5.74, 6) is 0. The average molecular weight is 296 g/mol. The van der Waals surface area contributed by atoms with Crippen molar-refractivity contribution in [1.29, 1.82) is 0 Å². The van der Waals surface area contributed by atoms with Gasteiger partial charge in [-0.3, -0.25) is 0 Å². The van der Waals surface area contributed by atoms with Gasteiger partial charge in [0, 0.05) is 14.7 Å². The summed E-state index contributed by atoms with van der Waals surface area (Å²) in [6.45, 7) is 2.12. The molecule has 0 aliphatic carbocycles. The highest BCUT2D eigenvalue weighted by molar-refractivity contribution is 7.99. The predicted molar refractivity (Wildman–Crippen MR) is 91.0 cm³/mol. The van der Waals surface area contributed by atoms with Crippen LogP contribution in [0.25, 0.3) is 10.8 Å². The van der Waals surface area contributed by atoms with Gasteiger partial charge in [0.1, 0.15) is 0 Å². The lowest BCUT2D eigenvalue weighted by atomic mass is 10.1. The molecule has 3 aromatic carbocycles. The van der Waals surface area contributed by atoms with Crippen LogP contribution in [0.4, 0.5) is 0 Å². The third-order valence-corrected chi connectivity index (χ3v) is 5.19. The number of hydrogen-bond acceptors (Lipinski definition) is 2. The van der Waals surface area contributed by atoms with E-state index in [2.05, 4.69) is 73.8 Å². The zero-order chi connectivity index (χ0) is 13.9. The van der Waals surface area contributed by atoms with E-state index >= 15 is 0 Å². The summed E-state index contributed by atoms with van der Waals surface area (Å²) in [6.07, 6.45) is 2.13. The fourth-order valence-corrected chi connectivity index (χ4v) is 3.80. The van der Waals surface area contributed by atoms with E-state index in [4.69, 9.17) is 0 Å². The summed E-state index contributed by atoms with van der Waals surface area (Å²) in [5.41, 5.74) is 1.30. The van der Waals surface area contributed by atoms with Gasteiger partial charge in [0.25, 0.3) is 0 Å². The van der Waals surface area contributed by atoms with E-state index in [9.17, 15) is 0 Å². The van der Waals surface area contributed by atoms with Crippen LogP contribution in [0.1, 0.15) is 5.56 Å². The maximum atomic E-state index is 2.23. The maximum absolute atomic E-state index is 2.23. The molecule has 3 aromatic rings. The first-order valence-corrected chi connectivity index (χ1v) is 8.62. The monoisotopic (exact) mass is 296 g/mol. The highest BCUT2D eigenvalue weighted by atomic mass is 32.2. The van der Waals surface area contributed by atoms with Crippen molar-refractivity contribution < 1.29 is 0 Å². The van der Waals surface area contributed by atoms with E-state index in [1.807, 2.05) is 11.8 Å². The first-order chi connectivity index (χ1) is 9.78. The summed E-state index contributed by atoms with van der Waals surface area (Å²) in [5, 5.41) is 2.68. The molecule has 0 N–H and O–H groups in total. The predicted octanol–water partition coefficient (Wildman–Crippen LogP) is 6.02. The second-order valence-electron chi connectivity index (χ2n) is 4.73. The minimum absolute atomic E-state index is 1.29. The van der Waals surface area contributed by atoms with E-state index in [1.165, 1.54) is 31.0 Å². The van der Waals surface area contributed by atoms with Gasteiger partial charge in [-0.05, 0) is 48.2 Å². The Labute approximate surface area is 128 Å². The van der Waals surface area contributed by atoms with Crippen molar-refractivity contribution in [2.45, 2.75) is 21.6 Å². The Morgan fingerprint density at radius 3 is 1.95 bits per heavy atom. The average Bonchev–Trinajstić information content (AvgIpc) is 2.50. The Balaban J connectivity index is 2.06. The molecule has 0 saturated carbocycles. The van der Waals surface area contributed by atoms with Gasteiger partial charge < -0.3 is 0 Å². The van der Waals surface area contributed by atoms with Gasteiger partial charge in [-0.15, -0.1) is 11.8 Å². The molecule has 0 fully saturated rings. The van der Waals surface area contributed by atoms with Gasteiger partial charge in [0.15, 0.2) is 0 Å². The van der Waals surface area contributed by atoms with Gasteiger partial charge in [0.05, 0.1) is 0 Å². The molecule has 0 bridgehead atoms. The molecule has 0 aliphatic rings. The quantitative estimate of drug-likeness (QED) is 0.542. The molecule has 0 aromatic heterocycles. The topological polar surface area (TPSA) is 0 Å². The number of benzene rings is 3. The summed E-state index contributed by atoms with van der Waals surface area (Å²) >= 11 is 3.64. The Morgan fingerprint density at radius 2 is 1.30 bits per heavy atom. The normalized spacial score (nSPS) is 10.9. The SMILES string of the molecule is CSc1ccc(Sc2ccc(C)cc2)c2ccccc12. The molecule has 0 spiro atoms.